The Balaban J connectivity index is 1.90. The first-order valence-corrected chi connectivity index (χ1v) is 8.25. The summed E-state index contributed by atoms with van der Waals surface area (Å²) in [5, 5.41) is 9.84. The van der Waals surface area contributed by atoms with Gasteiger partial charge in [-0.3, -0.25) is 0 Å². The minimum Gasteiger partial charge on any atom is -0.497 e. The van der Waals surface area contributed by atoms with Gasteiger partial charge in [-0.2, -0.15) is 0 Å². The van der Waals surface area contributed by atoms with Crippen molar-refractivity contribution in [1.29, 1.82) is 0 Å². The molecule has 22 heavy (non-hydrogen) atoms. The quantitative estimate of drug-likeness (QED) is 0.848. The van der Waals surface area contributed by atoms with Gasteiger partial charge in [0.05, 0.1) is 7.11 Å². The van der Waals surface area contributed by atoms with Gasteiger partial charge in [-0.15, -0.1) is 0 Å². The van der Waals surface area contributed by atoms with Gasteiger partial charge in [0.25, 0.3) is 0 Å². The van der Waals surface area contributed by atoms with Crippen LogP contribution in [0.1, 0.15) is 30.4 Å². The number of nitrogens with one attached hydrogen (secondary N) is 2. The van der Waals surface area contributed by atoms with E-state index in [0.29, 0.717) is 5.92 Å². The topological polar surface area (TPSA) is 33.3 Å². The van der Waals surface area contributed by atoms with Crippen LogP contribution in [0.3, 0.4) is 0 Å². The van der Waals surface area contributed by atoms with Crippen molar-refractivity contribution in [2.24, 2.45) is 0 Å². The first-order valence-electron chi connectivity index (χ1n) is 7.84. The predicted molar refractivity (Wildman–Crippen MR) is 95.8 cm³/mol. The van der Waals surface area contributed by atoms with Crippen LogP contribution < -0.4 is 15.4 Å². The molecule has 0 bridgehead atoms. The van der Waals surface area contributed by atoms with Crippen LogP contribution in [-0.2, 0) is 6.42 Å². The number of benzene rings is 2. The third-order valence-corrected chi connectivity index (χ3v) is 4.67. The van der Waals surface area contributed by atoms with E-state index in [1.807, 2.05) is 6.07 Å². The lowest BCUT2D eigenvalue weighted by Crippen LogP contribution is -2.37. The Morgan fingerprint density at radius 3 is 2.86 bits per heavy atom. The van der Waals surface area contributed by atoms with Gasteiger partial charge in [-0.25, -0.2) is 0 Å². The molecule has 0 saturated heterocycles. The van der Waals surface area contributed by atoms with Gasteiger partial charge in [0, 0.05) is 19.0 Å². The van der Waals surface area contributed by atoms with Crippen LogP contribution in [0.25, 0.3) is 10.8 Å². The average Bonchev–Trinajstić information content (AvgIpc) is 2.96. The van der Waals surface area contributed by atoms with Gasteiger partial charge in [-0.05, 0) is 66.0 Å². The minimum absolute atomic E-state index is 0.502. The maximum absolute atomic E-state index is 5.40. The predicted octanol–water partition coefficient (Wildman–Crippen LogP) is 3.36. The number of ether oxygens (including phenoxy) is 1. The van der Waals surface area contributed by atoms with Crippen LogP contribution in [0.4, 0.5) is 0 Å². The highest BCUT2D eigenvalue weighted by molar-refractivity contribution is 7.80. The summed E-state index contributed by atoms with van der Waals surface area (Å²) >= 11 is 5.28. The number of hydrogen-bond donors (Lipinski definition) is 2. The van der Waals surface area contributed by atoms with E-state index in [2.05, 4.69) is 41.8 Å². The summed E-state index contributed by atoms with van der Waals surface area (Å²) in [5.41, 5.74) is 2.92. The van der Waals surface area contributed by atoms with Crippen LogP contribution >= 0.6 is 12.2 Å². The van der Waals surface area contributed by atoms with Crippen LogP contribution in [0, 0.1) is 0 Å². The van der Waals surface area contributed by atoms with Crippen molar-refractivity contribution in [3.8, 4) is 5.75 Å². The molecule has 0 spiro atoms. The second-order valence-corrected chi connectivity index (χ2v) is 6.11. The smallest absolute Gasteiger partial charge is 0.166 e. The van der Waals surface area contributed by atoms with Gasteiger partial charge in [0.2, 0.25) is 0 Å². The fraction of sp³-hybridized carbons (Fsp3) is 0.389. The zero-order valence-corrected chi connectivity index (χ0v) is 13.9. The van der Waals surface area contributed by atoms with Gasteiger partial charge < -0.3 is 15.4 Å². The van der Waals surface area contributed by atoms with Crippen molar-refractivity contribution in [2.45, 2.75) is 25.7 Å². The van der Waals surface area contributed by atoms with Crippen molar-refractivity contribution >= 4 is 28.1 Å². The van der Waals surface area contributed by atoms with Gasteiger partial charge >= 0.3 is 0 Å². The Kier molecular flexibility index (Phi) is 4.48. The monoisotopic (exact) mass is 314 g/mol. The lowest BCUT2D eigenvalue weighted by atomic mass is 9.94. The fourth-order valence-electron chi connectivity index (χ4n) is 3.31. The molecule has 0 aliphatic heterocycles. The van der Waals surface area contributed by atoms with E-state index in [0.717, 1.165) is 30.4 Å². The summed E-state index contributed by atoms with van der Waals surface area (Å²) in [4.78, 5) is 0. The number of hydrogen-bond acceptors (Lipinski definition) is 2. The molecule has 0 saturated carbocycles. The molecule has 0 fully saturated rings. The fourth-order valence-corrected chi connectivity index (χ4v) is 3.54. The summed E-state index contributed by atoms with van der Waals surface area (Å²) in [7, 11) is 1.72. The van der Waals surface area contributed by atoms with E-state index in [-0.39, 0.29) is 0 Å². The molecule has 0 heterocycles. The standard InChI is InChI=1S/C18H22N2OS/c1-3-19-18(22)20-11-14-7-6-13-5-4-12-8-9-15(21-2)10-16(12)17(13)14/h4-5,8-10,14H,3,6-7,11H2,1-2H3,(H2,19,20,22). The van der Waals surface area contributed by atoms with Crippen molar-refractivity contribution in [2.75, 3.05) is 20.2 Å². The number of aryl methyl sites for hydroxylation is 1. The molecule has 2 aromatic rings. The van der Waals surface area contributed by atoms with Crippen molar-refractivity contribution < 1.29 is 4.74 Å². The molecule has 0 aromatic heterocycles. The van der Waals surface area contributed by atoms with E-state index in [9.17, 15) is 0 Å². The normalized spacial score (nSPS) is 16.4. The summed E-state index contributed by atoms with van der Waals surface area (Å²) in [6.07, 6.45) is 2.32. The van der Waals surface area contributed by atoms with Crippen molar-refractivity contribution in [3.05, 3.63) is 41.5 Å². The zero-order valence-electron chi connectivity index (χ0n) is 13.1. The number of methoxy groups -OCH3 is 1. The largest absolute Gasteiger partial charge is 0.497 e. The third kappa shape index (κ3) is 2.88. The van der Waals surface area contributed by atoms with Crippen molar-refractivity contribution in [1.82, 2.24) is 10.6 Å². The van der Waals surface area contributed by atoms with Crippen LogP contribution in [-0.4, -0.2) is 25.3 Å². The van der Waals surface area contributed by atoms with Crippen LogP contribution in [0.15, 0.2) is 30.3 Å². The second kappa shape index (κ2) is 6.53. The summed E-state index contributed by atoms with van der Waals surface area (Å²) < 4.78 is 5.40. The maximum atomic E-state index is 5.40. The minimum atomic E-state index is 0.502. The summed E-state index contributed by atoms with van der Waals surface area (Å²) in [6.45, 7) is 3.79. The highest BCUT2D eigenvalue weighted by Crippen LogP contribution is 2.39. The third-order valence-electron chi connectivity index (χ3n) is 4.38. The van der Waals surface area contributed by atoms with E-state index in [1.54, 1.807) is 7.11 Å². The molecule has 1 aliphatic carbocycles. The highest BCUT2D eigenvalue weighted by atomic mass is 32.1. The van der Waals surface area contributed by atoms with Gasteiger partial charge in [0.15, 0.2) is 5.11 Å². The van der Waals surface area contributed by atoms with Crippen molar-refractivity contribution in [3.63, 3.8) is 0 Å². The van der Waals surface area contributed by atoms with Crippen LogP contribution in [0.5, 0.6) is 5.75 Å². The Morgan fingerprint density at radius 2 is 2.09 bits per heavy atom. The maximum Gasteiger partial charge on any atom is 0.166 e. The molecule has 1 atom stereocenters. The summed E-state index contributed by atoms with van der Waals surface area (Å²) in [6, 6.07) is 10.8. The Labute approximate surface area is 137 Å². The Morgan fingerprint density at radius 1 is 1.27 bits per heavy atom. The van der Waals surface area contributed by atoms with E-state index < -0.39 is 0 Å². The van der Waals surface area contributed by atoms with Crippen LogP contribution in [0.2, 0.25) is 0 Å². The SMILES string of the molecule is CCNC(=S)NCC1CCc2ccc3ccc(OC)cc3c21. The molecule has 3 rings (SSSR count). The number of rotatable bonds is 4. The molecule has 4 heteroatoms. The number of fused-ring (bicyclic) bond motifs is 3. The molecule has 2 N–H and O–H groups in total. The molecular formula is C18H22N2OS. The zero-order chi connectivity index (χ0) is 15.5. The van der Waals surface area contributed by atoms with Gasteiger partial charge in [0.1, 0.15) is 5.75 Å². The average molecular weight is 314 g/mol. The Bertz CT molecular complexity index is 699. The van der Waals surface area contributed by atoms with Gasteiger partial charge in [-0.1, -0.05) is 18.2 Å². The Hall–Kier alpha value is -1.81. The molecule has 3 nitrogen and oxygen atoms in total. The highest BCUT2D eigenvalue weighted by Gasteiger charge is 2.24. The molecule has 1 unspecified atom stereocenters. The molecule has 116 valence electrons. The summed E-state index contributed by atoms with van der Waals surface area (Å²) in [5.74, 6) is 1.42. The van der Waals surface area contributed by atoms with E-state index in [4.69, 9.17) is 17.0 Å². The first kappa shape index (κ1) is 15.1. The molecular weight excluding hydrogens is 292 g/mol. The molecule has 0 amide bonds. The van der Waals surface area contributed by atoms with E-state index in [1.165, 1.54) is 28.3 Å². The first-order chi connectivity index (χ1) is 10.7. The molecule has 2 aromatic carbocycles. The molecule has 1 aliphatic rings. The van der Waals surface area contributed by atoms with E-state index >= 15 is 0 Å². The lowest BCUT2D eigenvalue weighted by molar-refractivity contribution is 0.415. The lowest BCUT2D eigenvalue weighted by Gasteiger charge is -2.17. The second-order valence-electron chi connectivity index (χ2n) is 5.70. The molecule has 0 radical (unpaired) electrons. The number of thiocarbonyl (C=S) groups is 1.